The molecule has 3 rings (SSSR count). The summed E-state index contributed by atoms with van der Waals surface area (Å²) in [6.45, 7) is 0. The van der Waals surface area contributed by atoms with Gasteiger partial charge in [0.25, 0.3) is 0 Å². The van der Waals surface area contributed by atoms with Crippen LogP contribution in [-0.4, -0.2) is 19.6 Å². The van der Waals surface area contributed by atoms with Crippen LogP contribution < -0.4 is 4.31 Å². The van der Waals surface area contributed by atoms with Gasteiger partial charge in [-0.2, -0.15) is 12.7 Å². The van der Waals surface area contributed by atoms with Crippen LogP contribution in [0.2, 0.25) is 0 Å². The number of carbonyl (C=O) groups is 1. The lowest BCUT2D eigenvalue weighted by Crippen LogP contribution is -2.32. The van der Waals surface area contributed by atoms with Gasteiger partial charge in [0.2, 0.25) is 0 Å². The molecule has 3 aromatic rings. The van der Waals surface area contributed by atoms with Crippen LogP contribution >= 0.6 is 10.7 Å². The monoisotopic (exact) mass is 387 g/mol. The van der Waals surface area contributed by atoms with Crippen LogP contribution in [0.5, 0.6) is 0 Å². The number of hydrogen-bond acceptors (Lipinski definition) is 3. The van der Waals surface area contributed by atoms with Crippen molar-refractivity contribution in [1.29, 1.82) is 0 Å². The summed E-state index contributed by atoms with van der Waals surface area (Å²) in [6, 6.07) is 23.4. The largest absolute Gasteiger partial charge is 0.464 e. The number of para-hydroxylation sites is 1. The number of carboxylic acid groups (broad SMARTS) is 1. The Morgan fingerprint density at radius 3 is 2.04 bits per heavy atom. The number of rotatable bonds is 4. The van der Waals surface area contributed by atoms with Crippen LogP contribution in [0.4, 0.5) is 10.5 Å². The third kappa shape index (κ3) is 3.71. The van der Waals surface area contributed by atoms with Crippen LogP contribution in [0.3, 0.4) is 0 Å². The average molecular weight is 388 g/mol. The Kier molecular flexibility index (Phi) is 4.97. The quantitative estimate of drug-likeness (QED) is 0.640. The van der Waals surface area contributed by atoms with Crippen molar-refractivity contribution in [2.75, 3.05) is 4.31 Å². The highest BCUT2D eigenvalue weighted by molar-refractivity contribution is 8.15. The smallest absolute Gasteiger partial charge is 0.426 e. The van der Waals surface area contributed by atoms with E-state index in [0.717, 1.165) is 11.1 Å². The van der Waals surface area contributed by atoms with Crippen LogP contribution in [0.25, 0.3) is 22.3 Å². The fourth-order valence-electron chi connectivity index (χ4n) is 2.71. The van der Waals surface area contributed by atoms with Crippen molar-refractivity contribution in [2.24, 2.45) is 0 Å². The minimum absolute atomic E-state index is 0.0276. The molecule has 0 aliphatic heterocycles. The van der Waals surface area contributed by atoms with Gasteiger partial charge in [-0.15, -0.1) is 0 Å². The average Bonchev–Trinajstić information content (AvgIpc) is 2.61. The maximum Gasteiger partial charge on any atom is 0.426 e. The maximum absolute atomic E-state index is 11.8. The Morgan fingerprint density at radius 1 is 0.808 bits per heavy atom. The van der Waals surface area contributed by atoms with Crippen LogP contribution in [-0.2, 0) is 9.24 Å². The topological polar surface area (TPSA) is 74.7 Å². The number of benzene rings is 3. The minimum atomic E-state index is -4.50. The highest BCUT2D eigenvalue weighted by Crippen LogP contribution is 2.35. The van der Waals surface area contributed by atoms with Crippen LogP contribution in [0.15, 0.2) is 78.9 Å². The van der Waals surface area contributed by atoms with E-state index in [0.29, 0.717) is 11.1 Å². The van der Waals surface area contributed by atoms with Gasteiger partial charge in [-0.1, -0.05) is 66.7 Å². The van der Waals surface area contributed by atoms with Gasteiger partial charge in [-0.05, 0) is 28.8 Å². The van der Waals surface area contributed by atoms with Crippen molar-refractivity contribution in [2.45, 2.75) is 0 Å². The minimum Gasteiger partial charge on any atom is -0.464 e. The summed E-state index contributed by atoms with van der Waals surface area (Å²) in [7, 11) is 0.829. The lowest BCUT2D eigenvalue weighted by molar-refractivity contribution is 0.206. The van der Waals surface area contributed by atoms with Gasteiger partial charge < -0.3 is 5.11 Å². The summed E-state index contributed by atoms with van der Waals surface area (Å²) >= 11 is 0. The first kappa shape index (κ1) is 18.0. The molecule has 5 nitrogen and oxygen atoms in total. The van der Waals surface area contributed by atoms with Crippen molar-refractivity contribution in [3.63, 3.8) is 0 Å². The first-order chi connectivity index (χ1) is 12.4. The molecule has 0 saturated heterocycles. The number of anilines is 1. The molecule has 0 spiro atoms. The van der Waals surface area contributed by atoms with Gasteiger partial charge in [0.15, 0.2) is 0 Å². The molecule has 7 heteroatoms. The molecule has 0 aliphatic carbocycles. The molecule has 132 valence electrons. The number of hydrogen-bond donors (Lipinski definition) is 1. The fourth-order valence-corrected chi connectivity index (χ4v) is 3.69. The summed E-state index contributed by atoms with van der Waals surface area (Å²) in [6.07, 6.45) is -1.67. The first-order valence-electron chi connectivity index (χ1n) is 7.60. The molecular formula is C19H14ClNO4S. The lowest BCUT2D eigenvalue weighted by atomic mass is 9.98. The summed E-state index contributed by atoms with van der Waals surface area (Å²) < 4.78 is 23.7. The fraction of sp³-hybridized carbons (Fsp3) is 0. The molecule has 0 atom stereocenters. The molecule has 1 amide bonds. The highest BCUT2D eigenvalue weighted by atomic mass is 35.7. The van der Waals surface area contributed by atoms with E-state index in [4.69, 9.17) is 10.7 Å². The van der Waals surface area contributed by atoms with Gasteiger partial charge in [-0.3, -0.25) is 0 Å². The van der Waals surface area contributed by atoms with Crippen molar-refractivity contribution < 1.29 is 18.3 Å². The number of nitrogens with zero attached hydrogens (tertiary/aromatic N) is 1. The molecule has 0 saturated carbocycles. The zero-order valence-corrected chi connectivity index (χ0v) is 15.0. The zero-order chi connectivity index (χ0) is 18.7. The third-order valence-corrected chi connectivity index (χ3v) is 5.00. The molecule has 0 heterocycles. The Bertz CT molecular complexity index is 1050. The van der Waals surface area contributed by atoms with Gasteiger partial charge in [0.1, 0.15) is 0 Å². The third-order valence-electron chi connectivity index (χ3n) is 3.80. The van der Waals surface area contributed by atoms with Crippen molar-refractivity contribution >= 4 is 31.7 Å². The van der Waals surface area contributed by atoms with E-state index in [-0.39, 0.29) is 9.99 Å². The molecule has 0 aliphatic rings. The summed E-state index contributed by atoms with van der Waals surface area (Å²) in [4.78, 5) is 11.5. The van der Waals surface area contributed by atoms with E-state index >= 15 is 0 Å². The standard InChI is InChI=1S/C19H14ClNO4S/c20-26(24,25)21(19(22)23)18-12-5-4-11-17(18)16-10-6-9-15(13-16)14-7-2-1-3-8-14/h1-13H,(H,22,23). The summed E-state index contributed by atoms with van der Waals surface area (Å²) in [5.41, 5.74) is 3.01. The predicted octanol–water partition coefficient (Wildman–Crippen LogP) is 4.99. The summed E-state index contributed by atoms with van der Waals surface area (Å²) in [5.74, 6) is 0. The van der Waals surface area contributed by atoms with E-state index in [1.807, 2.05) is 48.5 Å². The molecule has 0 fully saturated rings. The number of halogens is 1. The molecule has 0 unspecified atom stereocenters. The van der Waals surface area contributed by atoms with E-state index < -0.39 is 15.3 Å². The highest BCUT2D eigenvalue weighted by Gasteiger charge is 2.29. The number of amides is 1. The Labute approximate surface area is 155 Å². The van der Waals surface area contributed by atoms with E-state index in [1.165, 1.54) is 6.07 Å². The lowest BCUT2D eigenvalue weighted by Gasteiger charge is -2.19. The van der Waals surface area contributed by atoms with Gasteiger partial charge in [0.05, 0.1) is 5.69 Å². The molecule has 1 N–H and O–H groups in total. The second-order valence-electron chi connectivity index (χ2n) is 5.45. The zero-order valence-electron chi connectivity index (χ0n) is 13.4. The van der Waals surface area contributed by atoms with Crippen molar-refractivity contribution in [3.8, 4) is 22.3 Å². The Morgan fingerprint density at radius 2 is 1.38 bits per heavy atom. The predicted molar refractivity (Wildman–Crippen MR) is 103 cm³/mol. The molecular weight excluding hydrogens is 374 g/mol. The van der Waals surface area contributed by atoms with Gasteiger partial charge in [-0.25, -0.2) is 4.79 Å². The normalized spacial score (nSPS) is 11.1. The molecule has 0 aromatic heterocycles. The molecule has 26 heavy (non-hydrogen) atoms. The second-order valence-corrected chi connectivity index (χ2v) is 7.81. The molecule has 3 aromatic carbocycles. The molecule has 0 radical (unpaired) electrons. The second kappa shape index (κ2) is 7.19. The van der Waals surface area contributed by atoms with Gasteiger partial charge in [0, 0.05) is 16.2 Å². The van der Waals surface area contributed by atoms with Crippen molar-refractivity contribution in [1.82, 2.24) is 0 Å². The first-order valence-corrected chi connectivity index (χ1v) is 9.87. The van der Waals surface area contributed by atoms with Gasteiger partial charge >= 0.3 is 15.3 Å². The SMILES string of the molecule is O=C(O)N(c1ccccc1-c1cccc(-c2ccccc2)c1)S(=O)(=O)Cl. The van der Waals surface area contributed by atoms with Crippen molar-refractivity contribution in [3.05, 3.63) is 78.9 Å². The van der Waals surface area contributed by atoms with E-state index in [2.05, 4.69) is 0 Å². The van der Waals surface area contributed by atoms with E-state index in [9.17, 15) is 18.3 Å². The Balaban J connectivity index is 2.16. The summed E-state index contributed by atoms with van der Waals surface area (Å²) in [5, 5.41) is 9.33. The van der Waals surface area contributed by atoms with E-state index in [1.54, 1.807) is 24.3 Å². The maximum atomic E-state index is 11.8. The molecule has 0 bridgehead atoms. The van der Waals surface area contributed by atoms with Crippen LogP contribution in [0.1, 0.15) is 0 Å². The Hall–Kier alpha value is -2.83. The van der Waals surface area contributed by atoms with Crippen LogP contribution in [0, 0.1) is 0 Å².